The fraction of sp³-hybridized carbons (Fsp3) is 0.217. The zero-order valence-corrected chi connectivity index (χ0v) is 17.7. The van der Waals surface area contributed by atoms with E-state index in [1.54, 1.807) is 28.8 Å². The lowest BCUT2D eigenvalue weighted by atomic mass is 10.0. The first kappa shape index (κ1) is 19.7. The monoisotopic (exact) mass is 434 g/mol. The van der Waals surface area contributed by atoms with Crippen LogP contribution in [0.5, 0.6) is 5.88 Å². The maximum atomic E-state index is 12.8. The largest absolute Gasteiger partial charge is 0.471 e. The number of hydrogen-bond donors (Lipinski definition) is 1. The smallest absolute Gasteiger partial charge is 0.243 e. The highest BCUT2D eigenvalue weighted by Crippen LogP contribution is 2.30. The van der Waals surface area contributed by atoms with Crippen LogP contribution in [0.3, 0.4) is 0 Å². The van der Waals surface area contributed by atoms with Gasteiger partial charge in [-0.2, -0.15) is 4.31 Å². The van der Waals surface area contributed by atoms with E-state index in [-0.39, 0.29) is 0 Å². The minimum Gasteiger partial charge on any atom is -0.471 e. The minimum absolute atomic E-state index is 0.335. The van der Waals surface area contributed by atoms with Crippen LogP contribution in [0.2, 0.25) is 0 Å². The maximum absolute atomic E-state index is 12.8. The van der Waals surface area contributed by atoms with E-state index in [1.807, 2.05) is 42.5 Å². The molecule has 0 saturated carbocycles. The summed E-state index contributed by atoms with van der Waals surface area (Å²) in [6.45, 7) is 1.54. The van der Waals surface area contributed by atoms with Gasteiger partial charge < -0.3 is 9.72 Å². The molecule has 4 heterocycles. The molecule has 3 aromatic heterocycles. The fourth-order valence-electron chi connectivity index (χ4n) is 3.88. The van der Waals surface area contributed by atoms with Crippen molar-refractivity contribution in [2.75, 3.05) is 13.1 Å². The minimum atomic E-state index is -3.42. The van der Waals surface area contributed by atoms with E-state index in [0.717, 1.165) is 40.7 Å². The number of ether oxygens (including phenoxy) is 1. The molecule has 1 aliphatic heterocycles. The molecular weight excluding hydrogens is 412 g/mol. The summed E-state index contributed by atoms with van der Waals surface area (Å²) in [5.74, 6) is 0.559. The van der Waals surface area contributed by atoms with Gasteiger partial charge in [0.2, 0.25) is 15.9 Å². The summed E-state index contributed by atoms with van der Waals surface area (Å²) in [5.41, 5.74) is 3.55. The second kappa shape index (κ2) is 8.13. The molecule has 0 bridgehead atoms. The van der Waals surface area contributed by atoms with Gasteiger partial charge in [-0.05, 0) is 54.3 Å². The zero-order chi connectivity index (χ0) is 21.3. The van der Waals surface area contributed by atoms with Crippen molar-refractivity contribution in [3.63, 3.8) is 0 Å². The Hall–Kier alpha value is -3.23. The van der Waals surface area contributed by atoms with E-state index < -0.39 is 10.0 Å². The fourth-order valence-corrected chi connectivity index (χ4v) is 5.40. The number of pyridine rings is 2. The molecule has 4 aromatic rings. The molecule has 8 heteroatoms. The van der Waals surface area contributed by atoms with Crippen LogP contribution in [0.25, 0.3) is 22.2 Å². The Morgan fingerprint density at radius 1 is 0.968 bits per heavy atom. The molecule has 1 fully saturated rings. The molecule has 7 nitrogen and oxygen atoms in total. The summed E-state index contributed by atoms with van der Waals surface area (Å²) in [4.78, 5) is 12.2. The second-order valence-electron chi connectivity index (χ2n) is 7.51. The van der Waals surface area contributed by atoms with Gasteiger partial charge in [-0.25, -0.2) is 18.4 Å². The first-order valence-electron chi connectivity index (χ1n) is 10.2. The number of benzene rings is 1. The average molecular weight is 435 g/mol. The summed E-state index contributed by atoms with van der Waals surface area (Å²) in [5, 5.41) is 0.956. The predicted molar refractivity (Wildman–Crippen MR) is 118 cm³/mol. The molecule has 1 aliphatic rings. The van der Waals surface area contributed by atoms with Crippen molar-refractivity contribution in [1.82, 2.24) is 19.3 Å². The number of H-pyrrole nitrogens is 1. The molecule has 0 spiro atoms. The van der Waals surface area contributed by atoms with Crippen LogP contribution in [-0.2, 0) is 16.6 Å². The molecule has 0 atom stereocenters. The summed E-state index contributed by atoms with van der Waals surface area (Å²) < 4.78 is 32.8. The molecule has 0 unspecified atom stereocenters. The van der Waals surface area contributed by atoms with Crippen LogP contribution < -0.4 is 4.74 Å². The highest BCUT2D eigenvalue weighted by Gasteiger charge is 2.27. The van der Waals surface area contributed by atoms with E-state index in [1.165, 1.54) is 0 Å². The lowest BCUT2D eigenvalue weighted by molar-refractivity contribution is 0.290. The SMILES string of the molecule is O=S(=O)(c1ccc(-c2ccnc3[nH]c(COc4ccccn4)cc23)cc1)N1CCCC1. The highest BCUT2D eigenvalue weighted by molar-refractivity contribution is 7.89. The van der Waals surface area contributed by atoms with Crippen molar-refractivity contribution in [2.45, 2.75) is 24.3 Å². The number of sulfonamides is 1. The predicted octanol–water partition coefficient (Wildman–Crippen LogP) is 3.99. The Bertz CT molecular complexity index is 1300. The first-order chi connectivity index (χ1) is 15.1. The summed E-state index contributed by atoms with van der Waals surface area (Å²) in [6.07, 6.45) is 5.28. The molecule has 1 N–H and O–H groups in total. The lowest BCUT2D eigenvalue weighted by Gasteiger charge is -2.15. The molecule has 1 aromatic carbocycles. The molecule has 31 heavy (non-hydrogen) atoms. The van der Waals surface area contributed by atoms with Gasteiger partial charge in [0.05, 0.1) is 10.6 Å². The van der Waals surface area contributed by atoms with E-state index in [0.29, 0.717) is 30.5 Å². The molecular formula is C23H22N4O3S. The maximum Gasteiger partial charge on any atom is 0.243 e. The van der Waals surface area contributed by atoms with Gasteiger partial charge in [-0.1, -0.05) is 18.2 Å². The zero-order valence-electron chi connectivity index (χ0n) is 16.9. The van der Waals surface area contributed by atoms with Crippen LogP contribution in [0.15, 0.2) is 71.9 Å². The van der Waals surface area contributed by atoms with Crippen LogP contribution in [0.4, 0.5) is 0 Å². The number of aromatic nitrogens is 3. The molecule has 1 saturated heterocycles. The van der Waals surface area contributed by atoms with Crippen molar-refractivity contribution < 1.29 is 13.2 Å². The van der Waals surface area contributed by atoms with Gasteiger partial charge in [0.1, 0.15) is 12.3 Å². The number of nitrogens with zero attached hydrogens (tertiary/aromatic N) is 3. The Morgan fingerprint density at radius 3 is 2.52 bits per heavy atom. The Kier molecular flexibility index (Phi) is 5.17. The molecule has 5 rings (SSSR count). The second-order valence-corrected chi connectivity index (χ2v) is 9.45. The number of hydrogen-bond acceptors (Lipinski definition) is 5. The highest BCUT2D eigenvalue weighted by atomic mass is 32.2. The number of nitrogens with one attached hydrogen (secondary N) is 1. The Morgan fingerprint density at radius 2 is 1.77 bits per heavy atom. The Labute approximate surface area is 180 Å². The topological polar surface area (TPSA) is 88.2 Å². The van der Waals surface area contributed by atoms with Crippen molar-refractivity contribution in [1.29, 1.82) is 0 Å². The Balaban J connectivity index is 1.41. The molecule has 0 radical (unpaired) electrons. The lowest BCUT2D eigenvalue weighted by Crippen LogP contribution is -2.27. The number of fused-ring (bicyclic) bond motifs is 1. The molecule has 0 aliphatic carbocycles. The number of rotatable bonds is 6. The van der Waals surface area contributed by atoms with Crippen molar-refractivity contribution in [3.05, 3.63) is 72.7 Å². The van der Waals surface area contributed by atoms with Gasteiger partial charge in [0.25, 0.3) is 0 Å². The third-order valence-electron chi connectivity index (χ3n) is 5.47. The molecule has 0 amide bonds. The summed E-state index contributed by atoms with van der Waals surface area (Å²) in [6, 6.07) is 16.6. The van der Waals surface area contributed by atoms with Crippen LogP contribution in [0, 0.1) is 0 Å². The van der Waals surface area contributed by atoms with E-state index in [9.17, 15) is 8.42 Å². The van der Waals surface area contributed by atoms with E-state index in [2.05, 4.69) is 15.0 Å². The van der Waals surface area contributed by atoms with Gasteiger partial charge >= 0.3 is 0 Å². The summed E-state index contributed by atoms with van der Waals surface area (Å²) >= 11 is 0. The van der Waals surface area contributed by atoms with Gasteiger partial charge in [0.15, 0.2) is 0 Å². The summed E-state index contributed by atoms with van der Waals surface area (Å²) in [7, 11) is -3.42. The van der Waals surface area contributed by atoms with Crippen LogP contribution in [-0.4, -0.2) is 40.8 Å². The van der Waals surface area contributed by atoms with Crippen LogP contribution >= 0.6 is 0 Å². The van der Waals surface area contributed by atoms with E-state index in [4.69, 9.17) is 4.74 Å². The van der Waals surface area contributed by atoms with Crippen LogP contribution in [0.1, 0.15) is 18.5 Å². The van der Waals surface area contributed by atoms with Crippen molar-refractivity contribution >= 4 is 21.1 Å². The average Bonchev–Trinajstić information content (AvgIpc) is 3.49. The van der Waals surface area contributed by atoms with Crippen molar-refractivity contribution in [3.8, 4) is 17.0 Å². The normalized spacial score (nSPS) is 14.8. The van der Waals surface area contributed by atoms with Gasteiger partial charge in [0, 0.05) is 36.9 Å². The quantitative estimate of drug-likeness (QED) is 0.496. The van der Waals surface area contributed by atoms with Gasteiger partial charge in [-0.15, -0.1) is 0 Å². The third-order valence-corrected chi connectivity index (χ3v) is 7.38. The third kappa shape index (κ3) is 3.92. The van der Waals surface area contributed by atoms with E-state index >= 15 is 0 Å². The first-order valence-corrected chi connectivity index (χ1v) is 11.7. The van der Waals surface area contributed by atoms with Gasteiger partial charge in [-0.3, -0.25) is 0 Å². The standard InChI is InChI=1S/C23H22N4O3S/c28-31(29,27-13-3-4-14-27)19-8-6-17(7-9-19)20-10-12-25-23-21(20)15-18(26-23)16-30-22-5-1-2-11-24-22/h1-2,5-12,15H,3-4,13-14,16H2,(H,25,26). The van der Waals surface area contributed by atoms with Crippen molar-refractivity contribution in [2.24, 2.45) is 0 Å². The molecule has 158 valence electrons. The number of aromatic amines is 1.